The first-order valence-corrected chi connectivity index (χ1v) is 13.1. The molecule has 5 rings (SSSR count). The first kappa shape index (κ1) is 26.5. The molecule has 1 aliphatic heterocycles. The monoisotopic (exact) mass is 547 g/mol. The van der Waals surface area contributed by atoms with Crippen molar-refractivity contribution in [2.75, 3.05) is 13.2 Å². The number of rotatable bonds is 8. The Hall–Kier alpha value is -4.10. The summed E-state index contributed by atoms with van der Waals surface area (Å²) in [7, 11) is 0. The molecule has 1 heterocycles. The zero-order chi connectivity index (χ0) is 27.7. The van der Waals surface area contributed by atoms with Gasteiger partial charge in [-0.1, -0.05) is 48.0 Å². The Labute approximate surface area is 231 Å². The van der Waals surface area contributed by atoms with E-state index in [0.29, 0.717) is 51.8 Å². The van der Waals surface area contributed by atoms with E-state index in [1.54, 1.807) is 44.2 Å². The summed E-state index contributed by atoms with van der Waals surface area (Å²) in [5.74, 6) is -1.09. The molecule has 0 saturated heterocycles. The van der Waals surface area contributed by atoms with Crippen LogP contribution < -0.4 is 14.8 Å². The van der Waals surface area contributed by atoms with E-state index in [2.05, 4.69) is 5.32 Å². The lowest BCUT2D eigenvalue weighted by Crippen LogP contribution is -2.29. The molecule has 2 aliphatic rings. The SMILES string of the molecule is CCOC(=O)C1=C(C)NC2=C(C(=O)c3ccccc32)[C@H]1c1cc(Cl)c(OCc2ccc(F)cc2)c(OCC)c1. The van der Waals surface area contributed by atoms with Gasteiger partial charge in [0.1, 0.15) is 12.4 Å². The predicted molar refractivity (Wildman–Crippen MR) is 146 cm³/mol. The minimum Gasteiger partial charge on any atom is -0.490 e. The maximum Gasteiger partial charge on any atom is 0.336 e. The third-order valence-electron chi connectivity index (χ3n) is 6.71. The molecular formula is C31H27ClFNO5. The van der Waals surface area contributed by atoms with Crippen LogP contribution in [0.4, 0.5) is 4.39 Å². The summed E-state index contributed by atoms with van der Waals surface area (Å²) in [5.41, 5.74) is 4.72. The van der Waals surface area contributed by atoms with Crippen molar-refractivity contribution >= 4 is 29.1 Å². The van der Waals surface area contributed by atoms with Crippen molar-refractivity contribution < 1.29 is 28.2 Å². The van der Waals surface area contributed by atoms with Crippen LogP contribution in [0.3, 0.4) is 0 Å². The van der Waals surface area contributed by atoms with Crippen molar-refractivity contribution in [3.63, 3.8) is 0 Å². The van der Waals surface area contributed by atoms with Crippen LogP contribution in [-0.2, 0) is 16.1 Å². The Bertz CT molecular complexity index is 1530. The van der Waals surface area contributed by atoms with Gasteiger partial charge in [0.15, 0.2) is 17.3 Å². The molecule has 1 atom stereocenters. The van der Waals surface area contributed by atoms with E-state index < -0.39 is 11.9 Å². The third-order valence-corrected chi connectivity index (χ3v) is 6.99. The predicted octanol–water partition coefficient (Wildman–Crippen LogP) is 6.59. The van der Waals surface area contributed by atoms with Gasteiger partial charge in [-0.2, -0.15) is 0 Å². The van der Waals surface area contributed by atoms with Gasteiger partial charge in [-0.15, -0.1) is 0 Å². The van der Waals surface area contributed by atoms with E-state index in [9.17, 15) is 14.0 Å². The molecule has 1 N–H and O–H groups in total. The normalized spacial score (nSPS) is 16.0. The van der Waals surface area contributed by atoms with E-state index in [1.165, 1.54) is 12.1 Å². The largest absolute Gasteiger partial charge is 0.490 e. The standard InChI is InChI=1S/C31H27ClFNO5/c1-4-37-24-15-19(14-23(32)30(24)39-16-18-10-12-20(33)13-11-18)26-25(31(36)38-5-2)17(3)34-28-21-8-6-7-9-22(21)29(35)27(26)28/h6-15,26,34H,4-5,16H2,1-3H3/t26-/m0/s1. The van der Waals surface area contributed by atoms with E-state index in [-0.39, 0.29) is 29.8 Å². The number of ketones is 1. The zero-order valence-electron chi connectivity index (χ0n) is 21.8. The summed E-state index contributed by atoms with van der Waals surface area (Å²) in [6, 6.07) is 16.8. The van der Waals surface area contributed by atoms with Crippen molar-refractivity contribution in [2.45, 2.75) is 33.3 Å². The van der Waals surface area contributed by atoms with Crippen LogP contribution in [0.2, 0.25) is 5.02 Å². The Kier molecular flexibility index (Phi) is 7.44. The maximum atomic E-state index is 13.7. The topological polar surface area (TPSA) is 73.9 Å². The maximum absolute atomic E-state index is 13.7. The lowest BCUT2D eigenvalue weighted by atomic mass is 9.79. The van der Waals surface area contributed by atoms with Crippen LogP contribution in [0.15, 0.2) is 77.5 Å². The average molecular weight is 548 g/mol. The van der Waals surface area contributed by atoms with Gasteiger partial charge < -0.3 is 19.5 Å². The van der Waals surface area contributed by atoms with Gasteiger partial charge in [0.25, 0.3) is 0 Å². The number of halogens is 2. The fourth-order valence-electron chi connectivity index (χ4n) is 5.04. The molecule has 0 saturated carbocycles. The number of fused-ring (bicyclic) bond motifs is 2. The number of ether oxygens (including phenoxy) is 3. The van der Waals surface area contributed by atoms with Crippen LogP contribution in [-0.4, -0.2) is 25.0 Å². The van der Waals surface area contributed by atoms with Gasteiger partial charge in [0.05, 0.1) is 29.5 Å². The minimum absolute atomic E-state index is 0.142. The van der Waals surface area contributed by atoms with E-state index in [4.69, 9.17) is 25.8 Å². The number of allylic oxidation sites excluding steroid dienone is 2. The van der Waals surface area contributed by atoms with Crippen LogP contribution in [0, 0.1) is 5.82 Å². The smallest absolute Gasteiger partial charge is 0.336 e. The van der Waals surface area contributed by atoms with Crippen LogP contribution in [0.25, 0.3) is 5.70 Å². The molecule has 0 unspecified atom stereocenters. The van der Waals surface area contributed by atoms with Gasteiger partial charge in [-0.05, 0) is 56.2 Å². The second-order valence-corrected chi connectivity index (χ2v) is 9.57. The van der Waals surface area contributed by atoms with Crippen molar-refractivity contribution in [3.8, 4) is 11.5 Å². The fourth-order valence-corrected chi connectivity index (χ4v) is 5.31. The summed E-state index contributed by atoms with van der Waals surface area (Å²) in [6.45, 7) is 6.02. The summed E-state index contributed by atoms with van der Waals surface area (Å²) in [6.07, 6.45) is 0. The summed E-state index contributed by atoms with van der Waals surface area (Å²) < 4.78 is 30.6. The molecule has 0 amide bonds. The lowest BCUT2D eigenvalue weighted by molar-refractivity contribution is -0.138. The van der Waals surface area contributed by atoms with Gasteiger partial charge in [-0.25, -0.2) is 9.18 Å². The number of dihydropyridines is 1. The van der Waals surface area contributed by atoms with E-state index in [0.717, 1.165) is 11.1 Å². The Morgan fingerprint density at radius 3 is 2.41 bits per heavy atom. The quantitative estimate of drug-likeness (QED) is 0.321. The average Bonchev–Trinajstić information content (AvgIpc) is 3.20. The number of hydrogen-bond donors (Lipinski definition) is 1. The number of hydrogen-bond acceptors (Lipinski definition) is 6. The first-order valence-electron chi connectivity index (χ1n) is 12.7. The number of benzene rings is 3. The molecule has 0 radical (unpaired) electrons. The second kappa shape index (κ2) is 10.9. The van der Waals surface area contributed by atoms with Gasteiger partial charge in [0.2, 0.25) is 0 Å². The lowest BCUT2D eigenvalue weighted by Gasteiger charge is -2.30. The number of Topliss-reactive ketones (excluding diaryl/α,β-unsaturated/α-hetero) is 1. The molecule has 3 aromatic rings. The molecule has 200 valence electrons. The van der Waals surface area contributed by atoms with Crippen LogP contribution >= 0.6 is 11.6 Å². The summed E-state index contributed by atoms with van der Waals surface area (Å²) in [5, 5.41) is 3.54. The van der Waals surface area contributed by atoms with Crippen molar-refractivity contribution in [2.24, 2.45) is 0 Å². The summed E-state index contributed by atoms with van der Waals surface area (Å²) >= 11 is 6.76. The van der Waals surface area contributed by atoms with E-state index >= 15 is 0 Å². The highest BCUT2D eigenvalue weighted by molar-refractivity contribution is 6.32. The minimum atomic E-state index is -0.747. The Balaban J connectivity index is 1.61. The van der Waals surface area contributed by atoms with Crippen molar-refractivity contribution in [3.05, 3.63) is 111 Å². The number of carbonyl (C=O) groups excluding carboxylic acids is 2. The zero-order valence-corrected chi connectivity index (χ0v) is 22.5. The Morgan fingerprint density at radius 1 is 1.00 bits per heavy atom. The molecule has 6 nitrogen and oxygen atoms in total. The fraction of sp³-hybridized carbons (Fsp3) is 0.226. The molecule has 0 spiro atoms. The van der Waals surface area contributed by atoms with Crippen molar-refractivity contribution in [1.29, 1.82) is 0 Å². The molecule has 8 heteroatoms. The number of carbonyl (C=O) groups is 2. The van der Waals surface area contributed by atoms with Gasteiger partial charge in [0, 0.05) is 28.3 Å². The second-order valence-electron chi connectivity index (χ2n) is 9.16. The van der Waals surface area contributed by atoms with Crippen molar-refractivity contribution in [1.82, 2.24) is 5.32 Å². The Morgan fingerprint density at radius 2 is 1.72 bits per heavy atom. The molecule has 0 fully saturated rings. The number of esters is 1. The highest BCUT2D eigenvalue weighted by Crippen LogP contribution is 2.49. The molecule has 1 aliphatic carbocycles. The molecule has 0 aromatic heterocycles. The number of nitrogens with one attached hydrogen (secondary N) is 1. The molecule has 3 aromatic carbocycles. The van der Waals surface area contributed by atoms with Crippen LogP contribution in [0.5, 0.6) is 11.5 Å². The highest BCUT2D eigenvalue weighted by atomic mass is 35.5. The molecular weight excluding hydrogens is 521 g/mol. The molecule has 39 heavy (non-hydrogen) atoms. The first-order chi connectivity index (χ1) is 18.8. The van der Waals surface area contributed by atoms with Crippen LogP contribution in [0.1, 0.15) is 53.7 Å². The van der Waals surface area contributed by atoms with E-state index in [1.807, 2.05) is 25.1 Å². The summed E-state index contributed by atoms with van der Waals surface area (Å²) in [4.78, 5) is 26.9. The van der Waals surface area contributed by atoms with Gasteiger partial charge in [-0.3, -0.25) is 4.79 Å². The van der Waals surface area contributed by atoms with Gasteiger partial charge >= 0.3 is 5.97 Å². The highest BCUT2D eigenvalue weighted by Gasteiger charge is 2.43. The third kappa shape index (κ3) is 4.90. The molecule has 0 bridgehead atoms.